The number of aromatic hydroxyl groups is 1. The molecule has 5 rings (SSSR count). The zero-order chi connectivity index (χ0) is 24.4. The van der Waals surface area contributed by atoms with Crippen molar-refractivity contribution < 1.29 is 19.4 Å². The first-order valence-corrected chi connectivity index (χ1v) is 11.9. The summed E-state index contributed by atoms with van der Waals surface area (Å²) in [6.07, 6.45) is 1.73. The number of nitrogens with zero attached hydrogens (tertiary/aromatic N) is 2. The Labute approximate surface area is 206 Å². The molecule has 35 heavy (non-hydrogen) atoms. The molecule has 0 unspecified atom stereocenters. The van der Waals surface area contributed by atoms with Crippen LogP contribution in [0, 0.1) is 6.92 Å². The van der Waals surface area contributed by atoms with Crippen molar-refractivity contribution in [1.29, 1.82) is 0 Å². The van der Waals surface area contributed by atoms with Crippen molar-refractivity contribution >= 4 is 11.9 Å². The van der Waals surface area contributed by atoms with Crippen molar-refractivity contribution in [2.45, 2.75) is 20.0 Å². The van der Waals surface area contributed by atoms with Crippen LogP contribution >= 0.6 is 0 Å². The van der Waals surface area contributed by atoms with Crippen LogP contribution in [0.2, 0.25) is 0 Å². The van der Waals surface area contributed by atoms with Gasteiger partial charge in [-0.05, 0) is 47.9 Å². The Bertz CT molecular complexity index is 1260. The van der Waals surface area contributed by atoms with Gasteiger partial charge in [-0.25, -0.2) is 0 Å². The molecule has 3 aromatic rings. The highest BCUT2D eigenvalue weighted by Crippen LogP contribution is 2.42. The number of fused-ring (bicyclic) bond motifs is 1. The van der Waals surface area contributed by atoms with Crippen LogP contribution in [-0.2, 0) is 13.1 Å². The molecule has 3 aromatic carbocycles. The first kappa shape index (κ1) is 23.1. The minimum atomic E-state index is -0.158. The molecule has 0 atom stereocenters. The van der Waals surface area contributed by atoms with E-state index in [1.807, 2.05) is 37.3 Å². The largest absolute Gasteiger partial charge is 0.507 e. The van der Waals surface area contributed by atoms with E-state index in [0.717, 1.165) is 38.3 Å². The van der Waals surface area contributed by atoms with Gasteiger partial charge in [-0.2, -0.15) is 0 Å². The highest BCUT2D eigenvalue weighted by Gasteiger charge is 2.34. The minimum Gasteiger partial charge on any atom is -0.507 e. The van der Waals surface area contributed by atoms with Crippen molar-refractivity contribution in [2.24, 2.45) is 0 Å². The molecule has 0 aliphatic carbocycles. The smallest absolute Gasteiger partial charge is 0.232 e. The van der Waals surface area contributed by atoms with E-state index in [9.17, 15) is 9.90 Å². The highest BCUT2D eigenvalue weighted by atomic mass is 16.5. The van der Waals surface area contributed by atoms with Crippen LogP contribution in [0.1, 0.15) is 32.6 Å². The molecule has 6 nitrogen and oxygen atoms in total. The zero-order valence-electron chi connectivity index (χ0n) is 20.2. The third-order valence-electron chi connectivity index (χ3n) is 6.71. The average Bonchev–Trinajstić information content (AvgIpc) is 3.19. The number of carbonyl (C=O) groups is 1. The Morgan fingerprint density at radius 3 is 2.40 bits per heavy atom. The zero-order valence-corrected chi connectivity index (χ0v) is 20.2. The number of Topliss-reactive ketones (excluding diaryl/α,β-unsaturated/α-hetero) is 1. The minimum absolute atomic E-state index is 0.158. The third-order valence-corrected chi connectivity index (χ3v) is 6.71. The summed E-state index contributed by atoms with van der Waals surface area (Å²) in [7, 11) is 1.61. The topological polar surface area (TPSA) is 62.2 Å². The van der Waals surface area contributed by atoms with E-state index in [1.54, 1.807) is 19.3 Å². The molecule has 0 saturated carbocycles. The molecule has 2 aliphatic rings. The summed E-state index contributed by atoms with van der Waals surface area (Å²) in [6, 6.07) is 19.7. The van der Waals surface area contributed by atoms with E-state index in [0.29, 0.717) is 34.7 Å². The maximum atomic E-state index is 13.2. The normalized spacial score (nSPS) is 17.4. The molecule has 180 valence electrons. The SMILES string of the molecule is COc1cccc(/C=C2\Oc3c(CN4CCN(Cc5ccccc5)CC4)c(O)cc(C)c3C2=O)c1. The van der Waals surface area contributed by atoms with Crippen LogP contribution < -0.4 is 9.47 Å². The number of phenols is 1. The highest BCUT2D eigenvalue weighted by molar-refractivity contribution is 6.15. The predicted molar refractivity (Wildman–Crippen MR) is 136 cm³/mol. The maximum Gasteiger partial charge on any atom is 0.232 e. The summed E-state index contributed by atoms with van der Waals surface area (Å²) in [4.78, 5) is 18.0. The molecule has 2 aliphatic heterocycles. The average molecular weight is 471 g/mol. The number of aryl methyl sites for hydroxylation is 1. The molecule has 0 aromatic heterocycles. The van der Waals surface area contributed by atoms with Crippen molar-refractivity contribution in [3.63, 3.8) is 0 Å². The van der Waals surface area contributed by atoms with Gasteiger partial charge in [0.05, 0.1) is 18.2 Å². The molecular weight excluding hydrogens is 440 g/mol. The lowest BCUT2D eigenvalue weighted by molar-refractivity contribution is 0.101. The van der Waals surface area contributed by atoms with E-state index in [-0.39, 0.29) is 17.3 Å². The van der Waals surface area contributed by atoms with Crippen molar-refractivity contribution in [2.75, 3.05) is 33.3 Å². The third kappa shape index (κ3) is 4.94. The molecule has 1 N–H and O–H groups in total. The number of rotatable bonds is 6. The van der Waals surface area contributed by atoms with Gasteiger partial charge in [0.1, 0.15) is 17.2 Å². The lowest BCUT2D eigenvalue weighted by atomic mass is 9.99. The molecular formula is C29H30N2O4. The molecule has 2 heterocycles. The van der Waals surface area contributed by atoms with Crippen LogP contribution in [-0.4, -0.2) is 54.0 Å². The summed E-state index contributed by atoms with van der Waals surface area (Å²) in [5.41, 5.74) is 4.06. The Morgan fingerprint density at radius 1 is 0.971 bits per heavy atom. The van der Waals surface area contributed by atoms with Gasteiger partial charge in [0.25, 0.3) is 0 Å². The van der Waals surface area contributed by atoms with Gasteiger partial charge in [-0.3, -0.25) is 14.6 Å². The second kappa shape index (κ2) is 9.94. The molecule has 0 spiro atoms. The van der Waals surface area contributed by atoms with Crippen LogP contribution in [0.15, 0.2) is 66.4 Å². The molecule has 0 radical (unpaired) electrons. The van der Waals surface area contributed by atoms with Crippen molar-refractivity contribution in [1.82, 2.24) is 9.80 Å². The quantitative estimate of drug-likeness (QED) is 0.530. The predicted octanol–water partition coefficient (Wildman–Crippen LogP) is 4.64. The number of methoxy groups -OCH3 is 1. The monoisotopic (exact) mass is 470 g/mol. The first-order valence-electron chi connectivity index (χ1n) is 11.9. The molecule has 0 bridgehead atoms. The summed E-state index contributed by atoms with van der Waals surface area (Å²) >= 11 is 0. The number of benzene rings is 3. The van der Waals surface area contributed by atoms with Crippen molar-refractivity contribution in [3.8, 4) is 17.2 Å². The van der Waals surface area contributed by atoms with Gasteiger partial charge in [-0.15, -0.1) is 0 Å². The standard InChI is InChI=1S/C29H30N2O4/c1-20-15-25(32)24(19-31-13-11-30(12-14-31)18-21-7-4-3-5-8-21)29-27(20)28(33)26(35-29)17-22-9-6-10-23(16-22)34-2/h3-10,15-17,32H,11-14,18-19H2,1-2H3/b26-17-. The van der Waals surface area contributed by atoms with E-state index in [4.69, 9.17) is 9.47 Å². The number of hydrogen-bond acceptors (Lipinski definition) is 6. The molecule has 1 saturated heterocycles. The number of ketones is 1. The van der Waals surface area contributed by atoms with Crippen LogP contribution in [0.25, 0.3) is 6.08 Å². The lowest BCUT2D eigenvalue weighted by Gasteiger charge is -2.35. The summed E-state index contributed by atoms with van der Waals surface area (Å²) in [5, 5.41) is 10.8. The fraction of sp³-hybridized carbons (Fsp3) is 0.276. The number of piperazine rings is 1. The Hall–Kier alpha value is -3.61. The number of hydrogen-bond donors (Lipinski definition) is 1. The second-order valence-electron chi connectivity index (χ2n) is 9.15. The van der Waals surface area contributed by atoms with E-state index < -0.39 is 0 Å². The number of phenolic OH excluding ortho intramolecular Hbond substituents is 1. The van der Waals surface area contributed by atoms with E-state index in [1.165, 1.54) is 5.56 Å². The fourth-order valence-electron chi connectivity index (χ4n) is 4.79. The van der Waals surface area contributed by atoms with Gasteiger partial charge >= 0.3 is 0 Å². The van der Waals surface area contributed by atoms with Crippen LogP contribution in [0.5, 0.6) is 17.2 Å². The Kier molecular flexibility index (Phi) is 6.57. The van der Waals surface area contributed by atoms with Crippen LogP contribution in [0.4, 0.5) is 0 Å². The molecule has 1 fully saturated rings. The fourth-order valence-corrected chi connectivity index (χ4v) is 4.79. The lowest BCUT2D eigenvalue weighted by Crippen LogP contribution is -2.45. The summed E-state index contributed by atoms with van der Waals surface area (Å²) in [5.74, 6) is 1.46. The van der Waals surface area contributed by atoms with Gasteiger partial charge in [0.15, 0.2) is 5.76 Å². The molecule has 6 heteroatoms. The summed E-state index contributed by atoms with van der Waals surface area (Å²) in [6.45, 7) is 6.98. The van der Waals surface area contributed by atoms with Gasteiger partial charge in [0.2, 0.25) is 5.78 Å². The van der Waals surface area contributed by atoms with Crippen LogP contribution in [0.3, 0.4) is 0 Å². The van der Waals surface area contributed by atoms with E-state index in [2.05, 4.69) is 34.1 Å². The Morgan fingerprint density at radius 2 is 1.69 bits per heavy atom. The summed E-state index contributed by atoms with van der Waals surface area (Å²) < 4.78 is 11.4. The maximum absolute atomic E-state index is 13.2. The van der Waals surface area contributed by atoms with Crippen molar-refractivity contribution in [3.05, 3.63) is 94.2 Å². The number of ether oxygens (including phenoxy) is 2. The van der Waals surface area contributed by atoms with E-state index >= 15 is 0 Å². The van der Waals surface area contributed by atoms with Gasteiger partial charge in [-0.1, -0.05) is 42.5 Å². The number of allylic oxidation sites excluding steroid dienone is 1. The molecule has 0 amide bonds. The first-order chi connectivity index (χ1) is 17.0. The van der Waals surface area contributed by atoms with Gasteiger partial charge < -0.3 is 14.6 Å². The van der Waals surface area contributed by atoms with Gasteiger partial charge in [0, 0.05) is 39.3 Å². The number of carbonyl (C=O) groups excluding carboxylic acids is 1. The second-order valence-corrected chi connectivity index (χ2v) is 9.15. The Balaban J connectivity index is 1.32.